The van der Waals surface area contributed by atoms with Crippen molar-refractivity contribution in [3.63, 3.8) is 0 Å². The van der Waals surface area contributed by atoms with Crippen LogP contribution in [0.25, 0.3) is 0 Å². The number of hydrogen-bond donors (Lipinski definition) is 2. The minimum Gasteiger partial charge on any atom is -0.444 e. The summed E-state index contributed by atoms with van der Waals surface area (Å²) >= 11 is 12.3. The molecule has 0 aliphatic heterocycles. The highest BCUT2D eigenvalue weighted by Gasteiger charge is 2.18. The Balaban J connectivity index is 0.000000333. The monoisotopic (exact) mass is 383 g/mol. The largest absolute Gasteiger partial charge is 0.444 e. The van der Waals surface area contributed by atoms with Gasteiger partial charge in [0, 0.05) is 10.6 Å². The molecule has 25 heavy (non-hydrogen) atoms. The van der Waals surface area contributed by atoms with Crippen LogP contribution < -0.4 is 5.73 Å². The van der Waals surface area contributed by atoms with Crippen LogP contribution in [0.1, 0.15) is 43.6 Å². The van der Waals surface area contributed by atoms with Gasteiger partial charge >= 0.3 is 6.09 Å². The molecule has 2 aromatic rings. The smallest absolute Gasteiger partial charge is 0.405 e. The highest BCUT2D eigenvalue weighted by atomic mass is 35.5. The molecule has 1 atom stereocenters. The van der Waals surface area contributed by atoms with Gasteiger partial charge in [0.1, 0.15) is 11.7 Å². The number of nitrogens with two attached hydrogens (primary N) is 1. The van der Waals surface area contributed by atoms with E-state index in [1.54, 1.807) is 26.8 Å². The lowest BCUT2D eigenvalue weighted by molar-refractivity contribution is 0.0600. The molecule has 4 nitrogen and oxygen atoms in total. The number of aliphatic hydroxyl groups is 1. The standard InChI is InChI=1S/C14H12Cl2O.C5H11NO2/c1-9-7-8-11(15)12(13(9)16)14(17)10-5-3-2-4-6-10;1-5(2,3)8-4(6)7/h2-8,14,17H,1H3;1-3H3,(H2,6,7). The Kier molecular flexibility index (Phi) is 7.74. The molecule has 0 aliphatic rings. The molecule has 0 aromatic heterocycles. The second-order valence-electron chi connectivity index (χ2n) is 6.44. The fourth-order valence-electron chi connectivity index (χ4n) is 2.03. The number of ether oxygens (including phenoxy) is 1. The van der Waals surface area contributed by atoms with Gasteiger partial charge in [-0.15, -0.1) is 0 Å². The van der Waals surface area contributed by atoms with E-state index >= 15 is 0 Å². The summed E-state index contributed by atoms with van der Waals surface area (Å²) in [5.74, 6) is 0. The van der Waals surface area contributed by atoms with Crippen molar-refractivity contribution < 1.29 is 14.6 Å². The second kappa shape index (κ2) is 9.09. The Morgan fingerprint density at radius 2 is 1.68 bits per heavy atom. The lowest BCUT2D eigenvalue weighted by Crippen LogP contribution is -2.27. The van der Waals surface area contributed by atoms with Gasteiger partial charge in [-0.25, -0.2) is 4.79 Å². The van der Waals surface area contributed by atoms with Crippen LogP contribution >= 0.6 is 23.2 Å². The van der Waals surface area contributed by atoms with Gasteiger partial charge in [-0.2, -0.15) is 0 Å². The number of rotatable bonds is 2. The van der Waals surface area contributed by atoms with Gasteiger partial charge in [0.05, 0.1) is 5.02 Å². The first-order valence-corrected chi connectivity index (χ1v) is 8.44. The van der Waals surface area contributed by atoms with Crippen molar-refractivity contribution in [2.75, 3.05) is 0 Å². The van der Waals surface area contributed by atoms with Gasteiger partial charge in [0.15, 0.2) is 0 Å². The number of halogens is 2. The molecular formula is C19H23Cl2NO3. The summed E-state index contributed by atoms with van der Waals surface area (Å²) < 4.78 is 4.58. The third-order valence-electron chi connectivity index (χ3n) is 3.12. The molecule has 0 bridgehead atoms. The molecule has 0 heterocycles. The van der Waals surface area contributed by atoms with E-state index in [9.17, 15) is 9.90 Å². The zero-order valence-electron chi connectivity index (χ0n) is 14.7. The number of benzene rings is 2. The Morgan fingerprint density at radius 3 is 2.12 bits per heavy atom. The first kappa shape index (κ1) is 21.3. The summed E-state index contributed by atoms with van der Waals surface area (Å²) in [5, 5.41) is 11.3. The molecular weight excluding hydrogens is 361 g/mol. The van der Waals surface area contributed by atoms with Crippen LogP contribution in [-0.2, 0) is 4.74 Å². The van der Waals surface area contributed by atoms with Crippen LogP contribution in [0.2, 0.25) is 10.0 Å². The van der Waals surface area contributed by atoms with Crippen molar-refractivity contribution >= 4 is 29.3 Å². The molecule has 6 heteroatoms. The van der Waals surface area contributed by atoms with Gasteiger partial charge < -0.3 is 15.6 Å². The predicted octanol–water partition coefficient (Wildman–Crippen LogP) is 5.26. The highest BCUT2D eigenvalue weighted by Crippen LogP contribution is 2.35. The van der Waals surface area contributed by atoms with E-state index < -0.39 is 17.8 Å². The Morgan fingerprint density at radius 1 is 1.12 bits per heavy atom. The zero-order chi connectivity index (χ0) is 19.2. The minimum absolute atomic E-state index is 0.453. The van der Waals surface area contributed by atoms with Crippen LogP contribution in [0.15, 0.2) is 42.5 Å². The molecule has 2 rings (SSSR count). The maximum Gasteiger partial charge on any atom is 0.405 e. The van der Waals surface area contributed by atoms with E-state index in [0.717, 1.165) is 11.1 Å². The average molecular weight is 384 g/mol. The molecule has 0 saturated carbocycles. The van der Waals surface area contributed by atoms with E-state index in [2.05, 4.69) is 4.74 Å². The van der Waals surface area contributed by atoms with E-state index in [1.165, 1.54) is 0 Å². The average Bonchev–Trinajstić information content (AvgIpc) is 2.50. The van der Waals surface area contributed by atoms with E-state index in [4.69, 9.17) is 28.9 Å². The molecule has 136 valence electrons. The van der Waals surface area contributed by atoms with Crippen molar-refractivity contribution in [2.45, 2.75) is 39.4 Å². The first-order chi connectivity index (χ1) is 11.5. The van der Waals surface area contributed by atoms with Crippen LogP contribution in [0.4, 0.5) is 4.79 Å². The fourth-order valence-corrected chi connectivity index (χ4v) is 2.61. The van der Waals surface area contributed by atoms with Crippen LogP contribution in [0.3, 0.4) is 0 Å². The van der Waals surface area contributed by atoms with Crippen molar-refractivity contribution in [3.05, 3.63) is 69.2 Å². The normalized spacial score (nSPS) is 12.0. The van der Waals surface area contributed by atoms with Gasteiger partial charge in [0.25, 0.3) is 0 Å². The number of aliphatic hydroxyl groups excluding tert-OH is 1. The SMILES string of the molecule is CC(C)(C)OC(N)=O.Cc1ccc(Cl)c(C(O)c2ccccc2)c1Cl. The number of carbonyl (C=O) groups excluding carboxylic acids is 1. The quantitative estimate of drug-likeness (QED) is 0.742. The van der Waals surface area contributed by atoms with Crippen molar-refractivity contribution in [2.24, 2.45) is 5.73 Å². The van der Waals surface area contributed by atoms with E-state index in [0.29, 0.717) is 15.6 Å². The zero-order valence-corrected chi connectivity index (χ0v) is 16.2. The summed E-state index contributed by atoms with van der Waals surface area (Å²) in [6.45, 7) is 7.17. The third-order valence-corrected chi connectivity index (χ3v) is 3.95. The van der Waals surface area contributed by atoms with Crippen LogP contribution in [0, 0.1) is 6.92 Å². The minimum atomic E-state index is -0.795. The highest BCUT2D eigenvalue weighted by molar-refractivity contribution is 6.36. The Labute approximate surface area is 158 Å². The van der Waals surface area contributed by atoms with Crippen LogP contribution in [0.5, 0.6) is 0 Å². The predicted molar refractivity (Wildman–Crippen MR) is 102 cm³/mol. The van der Waals surface area contributed by atoms with Gasteiger partial charge in [-0.05, 0) is 44.9 Å². The molecule has 1 unspecified atom stereocenters. The molecule has 0 spiro atoms. The maximum absolute atomic E-state index is 10.3. The maximum atomic E-state index is 10.3. The summed E-state index contributed by atoms with van der Waals surface area (Å²) in [6, 6.07) is 12.9. The number of hydrogen-bond acceptors (Lipinski definition) is 3. The Hall–Kier alpha value is -1.75. The number of amides is 1. The molecule has 0 aliphatic carbocycles. The second-order valence-corrected chi connectivity index (χ2v) is 7.22. The summed E-state index contributed by atoms with van der Waals surface area (Å²) in [6.07, 6.45) is -1.52. The number of aryl methyl sites for hydroxylation is 1. The summed E-state index contributed by atoms with van der Waals surface area (Å²) in [7, 11) is 0. The topological polar surface area (TPSA) is 72.5 Å². The van der Waals surface area contributed by atoms with E-state index in [1.807, 2.05) is 43.3 Å². The lowest BCUT2D eigenvalue weighted by atomic mass is 10.00. The molecule has 2 aromatic carbocycles. The number of carbonyl (C=O) groups is 1. The summed E-state index contributed by atoms with van der Waals surface area (Å²) in [4.78, 5) is 10.0. The van der Waals surface area contributed by atoms with E-state index in [-0.39, 0.29) is 0 Å². The van der Waals surface area contributed by atoms with Crippen molar-refractivity contribution in [1.29, 1.82) is 0 Å². The summed E-state index contributed by atoms with van der Waals surface area (Å²) in [5.41, 5.74) is 6.52. The first-order valence-electron chi connectivity index (χ1n) is 7.69. The lowest BCUT2D eigenvalue weighted by Gasteiger charge is -2.16. The van der Waals surface area contributed by atoms with Gasteiger partial charge in [-0.3, -0.25) is 0 Å². The molecule has 1 amide bonds. The Bertz CT molecular complexity index is 713. The number of primary amides is 1. The van der Waals surface area contributed by atoms with Crippen LogP contribution in [-0.4, -0.2) is 16.8 Å². The van der Waals surface area contributed by atoms with Gasteiger partial charge in [-0.1, -0.05) is 59.6 Å². The third kappa shape index (κ3) is 6.94. The van der Waals surface area contributed by atoms with Crippen molar-refractivity contribution in [1.82, 2.24) is 0 Å². The molecule has 0 fully saturated rings. The molecule has 0 saturated heterocycles. The van der Waals surface area contributed by atoms with Gasteiger partial charge in [0.2, 0.25) is 0 Å². The molecule has 0 radical (unpaired) electrons. The fraction of sp³-hybridized carbons (Fsp3) is 0.316. The van der Waals surface area contributed by atoms with Crippen molar-refractivity contribution in [3.8, 4) is 0 Å². The molecule has 3 N–H and O–H groups in total.